The lowest BCUT2D eigenvalue weighted by molar-refractivity contribution is 0.102. The Bertz CT molecular complexity index is 918. The van der Waals surface area contributed by atoms with E-state index in [4.69, 9.17) is 0 Å². The maximum Gasteiger partial charge on any atom is 0.255 e. The summed E-state index contributed by atoms with van der Waals surface area (Å²) in [6, 6.07) is 6.31. The molecule has 2 aromatic carbocycles. The summed E-state index contributed by atoms with van der Waals surface area (Å²) in [6.07, 6.45) is 2.84. The molecule has 2 N–H and O–H groups in total. The van der Waals surface area contributed by atoms with Crippen LogP contribution >= 0.6 is 0 Å². The van der Waals surface area contributed by atoms with Crippen LogP contribution in [0.2, 0.25) is 0 Å². The minimum Gasteiger partial charge on any atom is -0.359 e. The van der Waals surface area contributed by atoms with Crippen LogP contribution in [-0.4, -0.2) is 10.9 Å². The first-order valence-electron chi connectivity index (χ1n) is 7.55. The van der Waals surface area contributed by atoms with Gasteiger partial charge >= 0.3 is 0 Å². The first-order chi connectivity index (χ1) is 11.5. The van der Waals surface area contributed by atoms with E-state index in [1.165, 1.54) is 12.3 Å². The Labute approximate surface area is 136 Å². The standard InChI is InChI=1S/C18H15F3N2O/c1-2-3-10-4-5-11(6-13(10)19)18(24)23-17-9-22-16-8-15(21)14(20)7-12(16)17/h4-9,22H,2-3H2,1H3,(H,23,24). The molecule has 0 atom stereocenters. The van der Waals surface area contributed by atoms with Crippen LogP contribution in [0.4, 0.5) is 18.9 Å². The molecule has 1 heterocycles. The van der Waals surface area contributed by atoms with Gasteiger partial charge < -0.3 is 10.3 Å². The topological polar surface area (TPSA) is 44.9 Å². The fourth-order valence-electron chi connectivity index (χ4n) is 2.58. The third-order valence-corrected chi connectivity index (χ3v) is 3.81. The number of hydrogen-bond acceptors (Lipinski definition) is 1. The number of hydrogen-bond donors (Lipinski definition) is 2. The molecule has 0 unspecified atom stereocenters. The molecule has 3 rings (SSSR count). The zero-order valence-corrected chi connectivity index (χ0v) is 12.9. The number of carbonyl (C=O) groups excluding carboxylic acids is 1. The highest BCUT2D eigenvalue weighted by molar-refractivity contribution is 6.09. The van der Waals surface area contributed by atoms with E-state index >= 15 is 0 Å². The number of carbonyl (C=O) groups is 1. The van der Waals surface area contributed by atoms with Gasteiger partial charge in [-0.15, -0.1) is 0 Å². The molecular weight excluding hydrogens is 317 g/mol. The molecular formula is C18H15F3N2O. The van der Waals surface area contributed by atoms with Crippen LogP contribution in [0.15, 0.2) is 36.5 Å². The van der Waals surface area contributed by atoms with E-state index in [0.29, 0.717) is 28.6 Å². The van der Waals surface area contributed by atoms with Crippen LogP contribution in [-0.2, 0) is 6.42 Å². The van der Waals surface area contributed by atoms with Gasteiger partial charge in [0.05, 0.1) is 11.2 Å². The van der Waals surface area contributed by atoms with Crippen molar-refractivity contribution in [2.24, 2.45) is 0 Å². The van der Waals surface area contributed by atoms with Crippen molar-refractivity contribution in [2.75, 3.05) is 5.32 Å². The van der Waals surface area contributed by atoms with Crippen LogP contribution < -0.4 is 5.32 Å². The van der Waals surface area contributed by atoms with Crippen LogP contribution in [0.3, 0.4) is 0 Å². The zero-order valence-electron chi connectivity index (χ0n) is 12.9. The van der Waals surface area contributed by atoms with Gasteiger partial charge in [-0.2, -0.15) is 0 Å². The van der Waals surface area contributed by atoms with Gasteiger partial charge in [0.2, 0.25) is 0 Å². The molecule has 0 radical (unpaired) electrons. The second kappa shape index (κ2) is 6.39. The number of fused-ring (bicyclic) bond motifs is 1. The SMILES string of the molecule is CCCc1ccc(C(=O)Nc2c[nH]c3cc(F)c(F)cc23)cc1F. The van der Waals surface area contributed by atoms with Gasteiger partial charge in [-0.1, -0.05) is 19.4 Å². The minimum absolute atomic E-state index is 0.157. The Morgan fingerprint density at radius 2 is 1.83 bits per heavy atom. The monoisotopic (exact) mass is 332 g/mol. The predicted octanol–water partition coefficient (Wildman–Crippen LogP) is 4.79. The normalized spacial score (nSPS) is 11.0. The summed E-state index contributed by atoms with van der Waals surface area (Å²) in [6.45, 7) is 1.94. The molecule has 0 spiro atoms. The molecule has 24 heavy (non-hydrogen) atoms. The maximum atomic E-state index is 13.9. The highest BCUT2D eigenvalue weighted by Crippen LogP contribution is 2.26. The van der Waals surface area contributed by atoms with Crippen LogP contribution in [0, 0.1) is 17.5 Å². The molecule has 3 aromatic rings. The van der Waals surface area contributed by atoms with Crippen molar-refractivity contribution in [3.8, 4) is 0 Å². The van der Waals surface area contributed by atoms with Crippen molar-refractivity contribution >= 4 is 22.5 Å². The van der Waals surface area contributed by atoms with Crippen molar-refractivity contribution in [3.05, 3.63) is 65.1 Å². The van der Waals surface area contributed by atoms with Gasteiger partial charge in [0.25, 0.3) is 5.91 Å². The average Bonchev–Trinajstić information content (AvgIpc) is 2.92. The summed E-state index contributed by atoms with van der Waals surface area (Å²) in [4.78, 5) is 15.0. The summed E-state index contributed by atoms with van der Waals surface area (Å²) in [7, 11) is 0. The Balaban J connectivity index is 1.87. The highest BCUT2D eigenvalue weighted by Gasteiger charge is 2.14. The smallest absolute Gasteiger partial charge is 0.255 e. The third-order valence-electron chi connectivity index (χ3n) is 3.81. The Hall–Kier alpha value is -2.76. The van der Waals surface area contributed by atoms with E-state index in [1.54, 1.807) is 12.1 Å². The summed E-state index contributed by atoms with van der Waals surface area (Å²) in [5.41, 5.74) is 1.36. The number of H-pyrrole nitrogens is 1. The van der Waals surface area contributed by atoms with Crippen LogP contribution in [0.1, 0.15) is 29.3 Å². The lowest BCUT2D eigenvalue weighted by Gasteiger charge is -2.07. The Morgan fingerprint density at radius 1 is 1.08 bits per heavy atom. The summed E-state index contributed by atoms with van der Waals surface area (Å²) in [5, 5.41) is 2.92. The van der Waals surface area contributed by atoms with Gasteiger partial charge in [0.1, 0.15) is 5.82 Å². The van der Waals surface area contributed by atoms with Gasteiger partial charge in [-0.3, -0.25) is 4.79 Å². The maximum absolute atomic E-state index is 13.9. The van der Waals surface area contributed by atoms with Crippen molar-refractivity contribution in [1.29, 1.82) is 0 Å². The molecule has 0 saturated heterocycles. The number of aromatic amines is 1. The molecule has 0 aliphatic heterocycles. The Kier molecular flexibility index (Phi) is 4.29. The van der Waals surface area contributed by atoms with Crippen molar-refractivity contribution in [3.63, 3.8) is 0 Å². The summed E-state index contributed by atoms with van der Waals surface area (Å²) < 4.78 is 40.5. The number of anilines is 1. The molecule has 0 fully saturated rings. The lowest BCUT2D eigenvalue weighted by atomic mass is 10.1. The fourth-order valence-corrected chi connectivity index (χ4v) is 2.58. The first kappa shape index (κ1) is 16.1. The van der Waals surface area contributed by atoms with Crippen molar-refractivity contribution in [1.82, 2.24) is 4.98 Å². The van der Waals surface area contributed by atoms with Gasteiger partial charge in [0.15, 0.2) is 11.6 Å². The number of rotatable bonds is 4. The number of benzene rings is 2. The highest BCUT2D eigenvalue weighted by atomic mass is 19.2. The number of aryl methyl sites for hydroxylation is 1. The molecule has 0 saturated carbocycles. The van der Waals surface area contributed by atoms with Crippen molar-refractivity contribution < 1.29 is 18.0 Å². The van der Waals surface area contributed by atoms with E-state index in [1.807, 2.05) is 6.92 Å². The first-order valence-corrected chi connectivity index (χ1v) is 7.55. The summed E-state index contributed by atoms with van der Waals surface area (Å²) >= 11 is 0. The number of nitrogens with one attached hydrogen (secondary N) is 2. The predicted molar refractivity (Wildman–Crippen MR) is 86.6 cm³/mol. The van der Waals surface area contributed by atoms with E-state index < -0.39 is 23.4 Å². The van der Waals surface area contributed by atoms with E-state index in [9.17, 15) is 18.0 Å². The Morgan fingerprint density at radius 3 is 2.54 bits per heavy atom. The third kappa shape index (κ3) is 2.99. The van der Waals surface area contributed by atoms with Gasteiger partial charge in [0, 0.05) is 23.2 Å². The van der Waals surface area contributed by atoms with Crippen LogP contribution in [0.5, 0.6) is 0 Å². The molecule has 1 aromatic heterocycles. The molecule has 6 heteroatoms. The second-order valence-corrected chi connectivity index (χ2v) is 5.52. The quantitative estimate of drug-likeness (QED) is 0.709. The fraction of sp³-hybridized carbons (Fsp3) is 0.167. The van der Waals surface area contributed by atoms with Crippen LogP contribution in [0.25, 0.3) is 10.9 Å². The van der Waals surface area contributed by atoms with Gasteiger partial charge in [-0.25, -0.2) is 13.2 Å². The van der Waals surface area contributed by atoms with Crippen molar-refractivity contribution in [2.45, 2.75) is 19.8 Å². The molecule has 0 bridgehead atoms. The van der Waals surface area contributed by atoms with E-state index in [2.05, 4.69) is 10.3 Å². The second-order valence-electron chi connectivity index (χ2n) is 5.52. The molecule has 0 aliphatic rings. The number of aromatic nitrogens is 1. The molecule has 0 aliphatic carbocycles. The zero-order chi connectivity index (χ0) is 17.3. The average molecular weight is 332 g/mol. The molecule has 3 nitrogen and oxygen atoms in total. The number of amides is 1. The minimum atomic E-state index is -1.01. The molecule has 124 valence electrons. The summed E-state index contributed by atoms with van der Waals surface area (Å²) in [5.74, 6) is -2.94. The van der Waals surface area contributed by atoms with Gasteiger partial charge in [-0.05, 0) is 30.2 Å². The largest absolute Gasteiger partial charge is 0.359 e. The van der Waals surface area contributed by atoms with E-state index in [-0.39, 0.29) is 5.56 Å². The van der Waals surface area contributed by atoms with E-state index in [0.717, 1.165) is 18.6 Å². The number of halogens is 3. The molecule has 1 amide bonds. The lowest BCUT2D eigenvalue weighted by Crippen LogP contribution is -2.12.